The Kier molecular flexibility index (Phi) is 2.77. The number of aryl methyl sites for hydroxylation is 1. The molecule has 0 saturated carbocycles. The van der Waals surface area contributed by atoms with Gasteiger partial charge in [0.1, 0.15) is 10.4 Å². The van der Waals surface area contributed by atoms with Crippen LogP contribution in [0.5, 0.6) is 11.8 Å². The van der Waals surface area contributed by atoms with E-state index in [0.717, 1.165) is 10.4 Å². The molecule has 0 unspecified atom stereocenters. The minimum absolute atomic E-state index is 0.576. The summed E-state index contributed by atoms with van der Waals surface area (Å²) in [7, 11) is 1.89. The topological polar surface area (TPSA) is 27.1 Å². The molecule has 0 fully saturated rings. The molecule has 0 saturated heterocycles. The van der Waals surface area contributed by atoms with Gasteiger partial charge in [-0.2, -0.15) is 0 Å². The van der Waals surface area contributed by atoms with Crippen LogP contribution in [-0.2, 0) is 7.05 Å². The van der Waals surface area contributed by atoms with Crippen molar-refractivity contribution in [2.45, 2.75) is 6.92 Å². The molecule has 0 spiro atoms. The van der Waals surface area contributed by atoms with E-state index in [-0.39, 0.29) is 0 Å². The maximum Gasteiger partial charge on any atom is 0.302 e. The molecule has 0 radical (unpaired) electrons. The van der Waals surface area contributed by atoms with Crippen molar-refractivity contribution in [1.29, 1.82) is 0 Å². The average Bonchev–Trinajstić information content (AvgIpc) is 2.50. The van der Waals surface area contributed by atoms with Crippen LogP contribution in [0.2, 0.25) is 0 Å². The minimum Gasteiger partial charge on any atom is -0.425 e. The number of rotatable bonds is 2. The molecule has 1 heterocycles. The van der Waals surface area contributed by atoms with Crippen LogP contribution in [0.25, 0.3) is 0 Å². The van der Waals surface area contributed by atoms with Gasteiger partial charge in [-0.05, 0) is 40.5 Å². The molecular weight excluding hydrogens is 256 g/mol. The maximum absolute atomic E-state index is 5.63. The summed E-state index contributed by atoms with van der Waals surface area (Å²) < 4.78 is 8.36. The van der Waals surface area contributed by atoms with Crippen molar-refractivity contribution < 1.29 is 4.74 Å². The summed E-state index contributed by atoms with van der Waals surface area (Å²) in [6, 6.07) is 8.45. The summed E-state index contributed by atoms with van der Waals surface area (Å²) in [4.78, 5) is 4.13. The number of imidazole rings is 1. The molecule has 1 aromatic heterocycles. The highest BCUT2D eigenvalue weighted by Crippen LogP contribution is 2.23. The highest BCUT2D eigenvalue weighted by atomic mass is 79.9. The van der Waals surface area contributed by atoms with E-state index in [1.165, 1.54) is 5.56 Å². The van der Waals surface area contributed by atoms with Crippen LogP contribution in [0.1, 0.15) is 5.56 Å². The Bertz CT molecular complexity index is 479. The normalized spacial score (nSPS) is 10.3. The Morgan fingerprint density at radius 3 is 2.80 bits per heavy atom. The lowest BCUT2D eigenvalue weighted by atomic mass is 10.2. The van der Waals surface area contributed by atoms with Gasteiger partial charge < -0.3 is 4.74 Å². The Morgan fingerprint density at radius 2 is 2.20 bits per heavy atom. The van der Waals surface area contributed by atoms with Crippen LogP contribution in [-0.4, -0.2) is 9.55 Å². The van der Waals surface area contributed by atoms with Crippen molar-refractivity contribution >= 4 is 15.9 Å². The van der Waals surface area contributed by atoms with E-state index in [4.69, 9.17) is 4.74 Å². The summed E-state index contributed by atoms with van der Waals surface area (Å²) in [6.07, 6.45) is 1.71. The van der Waals surface area contributed by atoms with E-state index in [1.807, 2.05) is 42.8 Å². The van der Waals surface area contributed by atoms with Gasteiger partial charge in [0, 0.05) is 7.05 Å². The van der Waals surface area contributed by atoms with Crippen LogP contribution < -0.4 is 4.74 Å². The van der Waals surface area contributed by atoms with Gasteiger partial charge in [0.05, 0.1) is 6.20 Å². The lowest BCUT2D eigenvalue weighted by molar-refractivity contribution is 0.423. The van der Waals surface area contributed by atoms with E-state index < -0.39 is 0 Å². The number of hydrogen-bond donors (Lipinski definition) is 0. The van der Waals surface area contributed by atoms with Gasteiger partial charge in [-0.15, -0.1) is 0 Å². The molecule has 0 bridgehead atoms. The van der Waals surface area contributed by atoms with Crippen molar-refractivity contribution in [3.63, 3.8) is 0 Å². The lowest BCUT2D eigenvalue weighted by Gasteiger charge is -2.05. The first-order chi connectivity index (χ1) is 7.16. The van der Waals surface area contributed by atoms with E-state index in [9.17, 15) is 0 Å². The lowest BCUT2D eigenvalue weighted by Crippen LogP contribution is -1.94. The fraction of sp³-hybridized carbons (Fsp3) is 0.182. The predicted octanol–water partition coefficient (Wildman–Crippen LogP) is 3.28. The van der Waals surface area contributed by atoms with Gasteiger partial charge in [-0.25, -0.2) is 4.98 Å². The SMILES string of the molecule is Cc1cccc(Oc2ncc(Br)n2C)c1. The Hall–Kier alpha value is -1.29. The van der Waals surface area contributed by atoms with Crippen molar-refractivity contribution in [1.82, 2.24) is 9.55 Å². The number of ether oxygens (including phenoxy) is 1. The van der Waals surface area contributed by atoms with Gasteiger partial charge >= 0.3 is 6.01 Å². The fourth-order valence-corrected chi connectivity index (χ4v) is 1.51. The number of benzene rings is 1. The second kappa shape index (κ2) is 4.06. The second-order valence-corrected chi connectivity index (χ2v) is 4.15. The van der Waals surface area contributed by atoms with E-state index in [1.54, 1.807) is 6.20 Å². The van der Waals surface area contributed by atoms with Crippen molar-refractivity contribution in [3.8, 4) is 11.8 Å². The van der Waals surface area contributed by atoms with Gasteiger partial charge in [-0.3, -0.25) is 4.57 Å². The predicted molar refractivity (Wildman–Crippen MR) is 62.2 cm³/mol. The van der Waals surface area contributed by atoms with Crippen LogP contribution in [0.3, 0.4) is 0 Å². The molecule has 1 aromatic carbocycles. The zero-order valence-corrected chi connectivity index (χ0v) is 10.2. The number of hydrogen-bond acceptors (Lipinski definition) is 2. The smallest absolute Gasteiger partial charge is 0.302 e. The van der Waals surface area contributed by atoms with Crippen LogP contribution >= 0.6 is 15.9 Å². The third kappa shape index (κ3) is 2.21. The molecule has 78 valence electrons. The summed E-state index contributed by atoms with van der Waals surface area (Å²) >= 11 is 3.36. The third-order valence-corrected chi connectivity index (χ3v) is 2.82. The monoisotopic (exact) mass is 266 g/mol. The molecule has 15 heavy (non-hydrogen) atoms. The molecular formula is C11H11BrN2O. The van der Waals surface area contributed by atoms with Gasteiger partial charge in [0.2, 0.25) is 0 Å². The Labute approximate surface area is 96.8 Å². The van der Waals surface area contributed by atoms with E-state index in [2.05, 4.69) is 20.9 Å². The molecule has 4 heteroatoms. The van der Waals surface area contributed by atoms with Crippen molar-refractivity contribution in [3.05, 3.63) is 40.6 Å². The van der Waals surface area contributed by atoms with E-state index in [0.29, 0.717) is 6.01 Å². The molecule has 0 atom stereocenters. The number of nitrogens with zero attached hydrogens (tertiary/aromatic N) is 2. The molecule has 0 aliphatic rings. The van der Waals surface area contributed by atoms with Crippen LogP contribution in [0.15, 0.2) is 35.1 Å². The Morgan fingerprint density at radius 1 is 1.40 bits per heavy atom. The zero-order chi connectivity index (χ0) is 10.8. The first kappa shape index (κ1) is 10.2. The molecule has 0 N–H and O–H groups in total. The van der Waals surface area contributed by atoms with Crippen LogP contribution in [0.4, 0.5) is 0 Å². The average molecular weight is 267 g/mol. The summed E-state index contributed by atoms with van der Waals surface area (Å²) in [5, 5.41) is 0. The maximum atomic E-state index is 5.63. The van der Waals surface area contributed by atoms with Gasteiger partial charge in [-0.1, -0.05) is 12.1 Å². The van der Waals surface area contributed by atoms with Crippen molar-refractivity contribution in [2.24, 2.45) is 7.05 Å². The van der Waals surface area contributed by atoms with Gasteiger partial charge in [0.15, 0.2) is 0 Å². The quantitative estimate of drug-likeness (QED) is 0.834. The molecule has 3 nitrogen and oxygen atoms in total. The largest absolute Gasteiger partial charge is 0.425 e. The highest BCUT2D eigenvalue weighted by Gasteiger charge is 2.05. The molecule has 0 aliphatic carbocycles. The molecule has 2 aromatic rings. The first-order valence-electron chi connectivity index (χ1n) is 4.58. The highest BCUT2D eigenvalue weighted by molar-refractivity contribution is 9.10. The number of aromatic nitrogens is 2. The number of halogens is 1. The summed E-state index contributed by atoms with van der Waals surface area (Å²) in [5.41, 5.74) is 1.17. The van der Waals surface area contributed by atoms with Crippen LogP contribution in [0, 0.1) is 6.92 Å². The second-order valence-electron chi connectivity index (χ2n) is 3.34. The standard InChI is InChI=1S/C11H11BrN2O/c1-8-4-3-5-9(6-8)15-11-13-7-10(12)14(11)2/h3-7H,1-2H3. The third-order valence-electron chi connectivity index (χ3n) is 2.09. The first-order valence-corrected chi connectivity index (χ1v) is 5.38. The molecule has 0 aliphatic heterocycles. The minimum atomic E-state index is 0.576. The van der Waals surface area contributed by atoms with E-state index >= 15 is 0 Å². The van der Waals surface area contributed by atoms with Crippen molar-refractivity contribution in [2.75, 3.05) is 0 Å². The Balaban J connectivity index is 2.26. The summed E-state index contributed by atoms with van der Waals surface area (Å²) in [5.74, 6) is 0.802. The fourth-order valence-electron chi connectivity index (χ4n) is 1.25. The van der Waals surface area contributed by atoms with Gasteiger partial charge in [0.25, 0.3) is 0 Å². The summed E-state index contributed by atoms with van der Waals surface area (Å²) in [6.45, 7) is 2.03. The zero-order valence-electron chi connectivity index (χ0n) is 8.57. The molecule has 2 rings (SSSR count). The molecule has 0 amide bonds.